The van der Waals surface area contributed by atoms with Crippen LogP contribution < -0.4 is 0 Å². The van der Waals surface area contributed by atoms with E-state index in [2.05, 4.69) is 71.3 Å². The van der Waals surface area contributed by atoms with Gasteiger partial charge in [-0.05, 0) is 36.4 Å². The van der Waals surface area contributed by atoms with E-state index in [4.69, 9.17) is 0 Å². The highest BCUT2D eigenvalue weighted by Gasteiger charge is 2.21. The first-order valence-corrected chi connectivity index (χ1v) is 11.3. The minimum atomic E-state index is 0.711. The van der Waals surface area contributed by atoms with Crippen LogP contribution in [0.3, 0.4) is 0 Å². The summed E-state index contributed by atoms with van der Waals surface area (Å²) in [6.07, 6.45) is 0. The number of rotatable bonds is 1. The quantitative estimate of drug-likeness (QED) is 0.269. The number of nitrogens with zero attached hydrogens (tertiary/aromatic N) is 2. The van der Waals surface area contributed by atoms with Gasteiger partial charge in [-0.1, -0.05) is 50.2 Å². The first-order chi connectivity index (χ1) is 14.3. The summed E-state index contributed by atoms with van der Waals surface area (Å²) in [5.74, 6) is 0. The molecular weight excluding hydrogens is 392 g/mol. The molecule has 6 rings (SSSR count). The Balaban J connectivity index is 0.000000882. The summed E-state index contributed by atoms with van der Waals surface area (Å²) < 4.78 is 4.90. The Bertz CT molecular complexity index is 1530. The summed E-state index contributed by atoms with van der Waals surface area (Å²) in [5, 5.41) is 14.4. The van der Waals surface area contributed by atoms with Crippen LogP contribution in [0, 0.1) is 11.3 Å². The Labute approximate surface area is 176 Å². The van der Waals surface area contributed by atoms with E-state index in [1.165, 1.54) is 46.3 Å². The van der Waals surface area contributed by atoms with Crippen LogP contribution in [-0.2, 0) is 0 Å². The van der Waals surface area contributed by atoms with Crippen LogP contribution in [0.1, 0.15) is 19.4 Å². The molecule has 0 saturated carbocycles. The number of hydrogen-bond acceptors (Lipinski definition) is 3. The Morgan fingerprint density at radius 3 is 2.07 bits per heavy atom. The van der Waals surface area contributed by atoms with Gasteiger partial charge in [0.1, 0.15) is 9.66 Å². The molecule has 0 aliphatic rings. The van der Waals surface area contributed by atoms with Gasteiger partial charge in [0.2, 0.25) is 0 Å². The fourth-order valence-corrected chi connectivity index (χ4v) is 6.40. The summed E-state index contributed by atoms with van der Waals surface area (Å²) in [6, 6.07) is 27.5. The second-order valence-electron chi connectivity index (χ2n) is 6.55. The molecule has 4 heteroatoms. The fourth-order valence-electron chi connectivity index (χ4n) is 3.89. The lowest BCUT2D eigenvalue weighted by Gasteiger charge is -2.04. The molecule has 3 heterocycles. The van der Waals surface area contributed by atoms with Gasteiger partial charge in [-0.15, -0.1) is 22.7 Å². The van der Waals surface area contributed by atoms with E-state index in [-0.39, 0.29) is 0 Å². The zero-order valence-corrected chi connectivity index (χ0v) is 17.8. The van der Waals surface area contributed by atoms with Crippen LogP contribution in [0.5, 0.6) is 0 Å². The Morgan fingerprint density at radius 2 is 1.34 bits per heavy atom. The van der Waals surface area contributed by atoms with Crippen molar-refractivity contribution in [1.82, 2.24) is 4.57 Å². The summed E-state index contributed by atoms with van der Waals surface area (Å²) in [5.41, 5.74) is 1.89. The highest BCUT2D eigenvalue weighted by molar-refractivity contribution is 7.28. The van der Waals surface area contributed by atoms with Crippen LogP contribution in [0.4, 0.5) is 0 Å². The van der Waals surface area contributed by atoms with Crippen molar-refractivity contribution in [3.63, 3.8) is 0 Å². The van der Waals surface area contributed by atoms with Gasteiger partial charge < -0.3 is 0 Å². The van der Waals surface area contributed by atoms with E-state index in [1.54, 1.807) is 11.3 Å². The molecule has 3 aromatic heterocycles. The van der Waals surface area contributed by atoms with Gasteiger partial charge in [0.05, 0.1) is 11.6 Å². The SMILES string of the molecule is CC.N#Cc1ccc2sc3c(c2c1)c1c2ccccc2sc1n3-c1ccccc1. The second kappa shape index (κ2) is 7.04. The zero-order chi connectivity index (χ0) is 20.0. The molecule has 3 aromatic carbocycles. The number of hydrogen-bond donors (Lipinski definition) is 0. The predicted octanol–water partition coefficient (Wildman–Crippen LogP) is 8.11. The van der Waals surface area contributed by atoms with Crippen molar-refractivity contribution in [3.8, 4) is 11.8 Å². The van der Waals surface area contributed by atoms with Gasteiger partial charge in [-0.2, -0.15) is 5.26 Å². The normalized spacial score (nSPS) is 11.1. The number of aromatic nitrogens is 1. The molecular formula is C25H18N2S2. The van der Waals surface area contributed by atoms with E-state index >= 15 is 0 Å². The van der Waals surface area contributed by atoms with Crippen molar-refractivity contribution in [2.45, 2.75) is 13.8 Å². The van der Waals surface area contributed by atoms with Crippen molar-refractivity contribution in [3.05, 3.63) is 78.4 Å². The van der Waals surface area contributed by atoms with Crippen LogP contribution in [0.2, 0.25) is 0 Å². The fraction of sp³-hybridized carbons (Fsp3) is 0.0800. The van der Waals surface area contributed by atoms with Gasteiger partial charge in [0.15, 0.2) is 0 Å². The van der Waals surface area contributed by atoms with Gasteiger partial charge in [0.25, 0.3) is 0 Å². The van der Waals surface area contributed by atoms with E-state index in [0.717, 1.165) is 0 Å². The average Bonchev–Trinajstić information content (AvgIpc) is 3.42. The molecule has 29 heavy (non-hydrogen) atoms. The molecule has 6 aromatic rings. The minimum absolute atomic E-state index is 0.711. The molecule has 2 nitrogen and oxygen atoms in total. The van der Waals surface area contributed by atoms with Crippen molar-refractivity contribution in [1.29, 1.82) is 5.26 Å². The predicted molar refractivity (Wildman–Crippen MR) is 128 cm³/mol. The Hall–Kier alpha value is -3.13. The van der Waals surface area contributed by atoms with Gasteiger partial charge in [-0.3, -0.25) is 4.57 Å². The molecule has 0 aliphatic carbocycles. The monoisotopic (exact) mass is 410 g/mol. The molecule has 0 spiro atoms. The molecule has 0 atom stereocenters. The average molecular weight is 411 g/mol. The molecule has 140 valence electrons. The Kier molecular flexibility index (Phi) is 4.35. The minimum Gasteiger partial charge on any atom is -0.292 e. The smallest absolute Gasteiger partial charge is 0.110 e. The first-order valence-electron chi connectivity index (χ1n) is 9.69. The second-order valence-corrected chi connectivity index (χ2v) is 8.62. The Morgan fingerprint density at radius 1 is 0.724 bits per heavy atom. The summed E-state index contributed by atoms with van der Waals surface area (Å²) in [4.78, 5) is 2.52. The number of benzene rings is 3. The molecule has 0 radical (unpaired) electrons. The van der Waals surface area contributed by atoms with Crippen LogP contribution in [-0.4, -0.2) is 4.57 Å². The third kappa shape index (κ3) is 2.59. The molecule has 0 fully saturated rings. The summed E-state index contributed by atoms with van der Waals surface area (Å²) in [6.45, 7) is 4.00. The maximum Gasteiger partial charge on any atom is 0.110 e. The maximum absolute atomic E-state index is 9.39. The highest BCUT2D eigenvalue weighted by Crippen LogP contribution is 2.48. The van der Waals surface area contributed by atoms with Crippen LogP contribution >= 0.6 is 22.7 Å². The third-order valence-electron chi connectivity index (χ3n) is 5.05. The van der Waals surface area contributed by atoms with Gasteiger partial charge in [-0.25, -0.2) is 0 Å². The summed E-state index contributed by atoms with van der Waals surface area (Å²) >= 11 is 3.64. The third-order valence-corrected chi connectivity index (χ3v) is 7.36. The van der Waals surface area contributed by atoms with Gasteiger partial charge in [0, 0.05) is 36.6 Å². The first kappa shape index (κ1) is 17.9. The highest BCUT2D eigenvalue weighted by atomic mass is 32.1. The number of thiophene rings is 2. The van der Waals surface area contributed by atoms with E-state index in [0.29, 0.717) is 5.56 Å². The van der Waals surface area contributed by atoms with Crippen molar-refractivity contribution >= 4 is 63.3 Å². The number of nitriles is 1. The zero-order valence-electron chi connectivity index (χ0n) is 16.1. The van der Waals surface area contributed by atoms with Crippen molar-refractivity contribution < 1.29 is 0 Å². The molecule has 0 bridgehead atoms. The standard InChI is InChI=1S/C23H12N2S2.C2H6/c24-13-14-10-11-19-17(12-14)21-20-16-8-4-5-9-18(16)26-22(20)25(23(21)27-19)15-6-2-1-3-7-15;1-2/h1-12H;1-2H3. The lowest BCUT2D eigenvalue weighted by molar-refractivity contribution is 1.21. The molecule has 0 unspecified atom stereocenters. The molecule has 0 saturated heterocycles. The van der Waals surface area contributed by atoms with E-state index in [9.17, 15) is 5.26 Å². The van der Waals surface area contributed by atoms with Gasteiger partial charge >= 0.3 is 0 Å². The van der Waals surface area contributed by atoms with E-state index in [1.807, 2.05) is 37.3 Å². The maximum atomic E-state index is 9.39. The topological polar surface area (TPSA) is 28.7 Å². The van der Waals surface area contributed by atoms with Crippen LogP contribution in [0.15, 0.2) is 72.8 Å². The van der Waals surface area contributed by atoms with Crippen molar-refractivity contribution in [2.24, 2.45) is 0 Å². The number of fused-ring (bicyclic) bond motifs is 7. The molecule has 0 aliphatic heterocycles. The largest absolute Gasteiger partial charge is 0.292 e. The van der Waals surface area contributed by atoms with Crippen LogP contribution in [0.25, 0.3) is 46.3 Å². The van der Waals surface area contributed by atoms with Crippen molar-refractivity contribution in [2.75, 3.05) is 0 Å². The number of para-hydroxylation sites is 1. The molecule has 0 N–H and O–H groups in total. The lowest BCUT2D eigenvalue weighted by Crippen LogP contribution is -1.89. The lowest BCUT2D eigenvalue weighted by atomic mass is 10.1. The van der Waals surface area contributed by atoms with E-state index < -0.39 is 0 Å². The summed E-state index contributed by atoms with van der Waals surface area (Å²) in [7, 11) is 0. The molecule has 0 amide bonds.